The molecular weight excluding hydrogens is 278 g/mol. The van der Waals surface area contributed by atoms with Crippen molar-refractivity contribution in [2.75, 3.05) is 0 Å². The molecule has 106 valence electrons. The minimum atomic E-state index is -5.31. The van der Waals surface area contributed by atoms with E-state index in [0.717, 1.165) is 12.1 Å². The monoisotopic (exact) mass is 287 g/mol. The summed E-state index contributed by atoms with van der Waals surface area (Å²) in [5, 5.41) is 0. The molecule has 2 aromatic rings. The number of halogens is 5. The molecule has 0 heterocycles. The minimum absolute atomic E-state index is 0.277. The highest BCUT2D eigenvalue weighted by Crippen LogP contribution is 2.20. The van der Waals surface area contributed by atoms with E-state index in [1.165, 1.54) is 18.2 Å². The van der Waals surface area contributed by atoms with Gasteiger partial charge >= 0.3 is 6.98 Å². The molecule has 2 aromatic carbocycles. The van der Waals surface area contributed by atoms with Gasteiger partial charge in [0, 0.05) is 6.07 Å². The van der Waals surface area contributed by atoms with Gasteiger partial charge in [-0.15, -0.1) is 0 Å². The van der Waals surface area contributed by atoms with Crippen LogP contribution in [0.4, 0.5) is 21.7 Å². The Labute approximate surface area is 112 Å². The van der Waals surface area contributed by atoms with Crippen LogP contribution < -0.4 is 10.2 Å². The molecule has 20 heavy (non-hydrogen) atoms. The molecule has 0 unspecified atom stereocenters. The van der Waals surface area contributed by atoms with E-state index in [1.807, 2.05) is 0 Å². The summed E-state index contributed by atoms with van der Waals surface area (Å²) in [6, 6.07) is 7.28. The summed E-state index contributed by atoms with van der Waals surface area (Å²) in [7, 11) is 0. The van der Waals surface area contributed by atoms with E-state index in [-0.39, 0.29) is 6.61 Å². The standard InChI is InChI=1S/C13H9BF5O/c15-10-3-1-2-9(6-10)8-20-13-7-11(16)4-5-12(13)14(17,18)19/h1-7H,8H2/q-1. The lowest BCUT2D eigenvalue weighted by Gasteiger charge is -2.19. The van der Waals surface area contributed by atoms with E-state index in [4.69, 9.17) is 4.74 Å². The van der Waals surface area contributed by atoms with Gasteiger partial charge in [0.15, 0.2) is 0 Å². The van der Waals surface area contributed by atoms with Crippen LogP contribution in [0.1, 0.15) is 5.56 Å². The molecule has 0 radical (unpaired) electrons. The van der Waals surface area contributed by atoms with Gasteiger partial charge in [0.05, 0.1) is 5.75 Å². The predicted octanol–water partition coefficient (Wildman–Crippen LogP) is 3.60. The van der Waals surface area contributed by atoms with Gasteiger partial charge in [-0.05, 0) is 23.8 Å². The van der Waals surface area contributed by atoms with Crippen LogP contribution in [-0.2, 0) is 6.61 Å². The van der Waals surface area contributed by atoms with Crippen molar-refractivity contribution < 1.29 is 26.5 Å². The molecule has 0 fully saturated rings. The molecule has 1 nitrogen and oxygen atoms in total. The molecule has 0 bridgehead atoms. The molecule has 0 aliphatic rings. The summed E-state index contributed by atoms with van der Waals surface area (Å²) in [6.45, 7) is -5.59. The lowest BCUT2D eigenvalue weighted by atomic mass is 9.79. The van der Waals surface area contributed by atoms with E-state index >= 15 is 0 Å². The Balaban J connectivity index is 2.22. The second-order valence-corrected chi connectivity index (χ2v) is 4.18. The number of hydrogen-bond acceptors (Lipinski definition) is 1. The zero-order valence-electron chi connectivity index (χ0n) is 10.1. The van der Waals surface area contributed by atoms with Crippen LogP contribution in [0, 0.1) is 11.6 Å². The highest BCUT2D eigenvalue weighted by molar-refractivity contribution is 6.74. The largest absolute Gasteiger partial charge is 0.513 e. The topological polar surface area (TPSA) is 9.23 Å². The van der Waals surface area contributed by atoms with Crippen LogP contribution in [0.5, 0.6) is 5.75 Å². The van der Waals surface area contributed by atoms with Crippen molar-refractivity contribution >= 4 is 12.4 Å². The minimum Gasteiger partial charge on any atom is -0.492 e. The van der Waals surface area contributed by atoms with E-state index in [1.54, 1.807) is 0 Å². The van der Waals surface area contributed by atoms with Crippen molar-refractivity contribution in [1.29, 1.82) is 0 Å². The van der Waals surface area contributed by atoms with Gasteiger partial charge < -0.3 is 17.7 Å². The first kappa shape index (κ1) is 14.4. The van der Waals surface area contributed by atoms with Gasteiger partial charge in [0.1, 0.15) is 18.2 Å². The summed E-state index contributed by atoms with van der Waals surface area (Å²) >= 11 is 0. The number of ether oxygens (including phenoxy) is 1. The maximum absolute atomic E-state index is 13.0. The Kier molecular flexibility index (Phi) is 3.97. The second-order valence-electron chi connectivity index (χ2n) is 4.18. The molecule has 0 N–H and O–H groups in total. The first-order valence-electron chi connectivity index (χ1n) is 5.73. The molecule has 0 saturated carbocycles. The van der Waals surface area contributed by atoms with E-state index in [9.17, 15) is 21.7 Å². The Morgan fingerprint density at radius 1 is 0.900 bits per heavy atom. The van der Waals surface area contributed by atoms with Crippen molar-refractivity contribution in [3.05, 3.63) is 59.7 Å². The van der Waals surface area contributed by atoms with Crippen LogP contribution >= 0.6 is 0 Å². The van der Waals surface area contributed by atoms with Gasteiger partial charge in [0.25, 0.3) is 0 Å². The third-order valence-electron chi connectivity index (χ3n) is 2.61. The van der Waals surface area contributed by atoms with Crippen LogP contribution in [-0.4, -0.2) is 6.98 Å². The number of benzene rings is 2. The average Bonchev–Trinajstić information content (AvgIpc) is 2.35. The van der Waals surface area contributed by atoms with Crippen molar-refractivity contribution in [3.63, 3.8) is 0 Å². The third-order valence-corrected chi connectivity index (χ3v) is 2.61. The maximum Gasteiger partial charge on any atom is 0.513 e. The van der Waals surface area contributed by atoms with Gasteiger partial charge in [-0.2, -0.15) is 0 Å². The smallest absolute Gasteiger partial charge is 0.492 e. The van der Waals surface area contributed by atoms with Crippen molar-refractivity contribution in [2.45, 2.75) is 6.61 Å². The quantitative estimate of drug-likeness (QED) is 0.616. The maximum atomic E-state index is 13.0. The zero-order valence-corrected chi connectivity index (χ0v) is 10.1. The van der Waals surface area contributed by atoms with E-state index in [0.29, 0.717) is 17.7 Å². The molecule has 0 aliphatic carbocycles. The van der Waals surface area contributed by atoms with Gasteiger partial charge in [-0.1, -0.05) is 23.7 Å². The lowest BCUT2D eigenvalue weighted by Crippen LogP contribution is -2.35. The molecule has 0 aliphatic heterocycles. The lowest BCUT2D eigenvalue weighted by molar-refractivity contribution is 0.304. The van der Waals surface area contributed by atoms with Crippen LogP contribution in [0.25, 0.3) is 0 Å². The van der Waals surface area contributed by atoms with E-state index in [2.05, 4.69) is 0 Å². The first-order chi connectivity index (χ1) is 9.36. The summed E-state index contributed by atoms with van der Waals surface area (Å²) in [6.07, 6.45) is 0. The average molecular weight is 287 g/mol. The molecule has 0 spiro atoms. The molecular formula is C13H9BF5O-. The fourth-order valence-electron chi connectivity index (χ4n) is 1.69. The molecule has 0 atom stereocenters. The van der Waals surface area contributed by atoms with Gasteiger partial charge in [-0.25, -0.2) is 8.78 Å². The van der Waals surface area contributed by atoms with Gasteiger partial charge in [0.2, 0.25) is 0 Å². The van der Waals surface area contributed by atoms with E-state index < -0.39 is 29.8 Å². The highest BCUT2D eigenvalue weighted by atomic mass is 19.4. The Hall–Kier alpha value is -2.05. The second kappa shape index (κ2) is 5.52. The number of hydrogen-bond donors (Lipinski definition) is 0. The van der Waals surface area contributed by atoms with Gasteiger partial charge in [-0.3, -0.25) is 0 Å². The summed E-state index contributed by atoms with van der Waals surface area (Å²) in [4.78, 5) is 0. The Bertz CT molecular complexity index is 612. The Morgan fingerprint density at radius 3 is 2.25 bits per heavy atom. The van der Waals surface area contributed by atoms with Crippen LogP contribution in [0.3, 0.4) is 0 Å². The van der Waals surface area contributed by atoms with Crippen molar-refractivity contribution in [1.82, 2.24) is 0 Å². The normalized spacial score (nSPS) is 11.4. The fraction of sp³-hybridized carbons (Fsp3) is 0.0769. The fourth-order valence-corrected chi connectivity index (χ4v) is 1.69. The molecule has 0 saturated heterocycles. The molecule has 7 heteroatoms. The van der Waals surface area contributed by atoms with Crippen LogP contribution in [0.2, 0.25) is 0 Å². The highest BCUT2D eigenvalue weighted by Gasteiger charge is 2.29. The Morgan fingerprint density at radius 2 is 1.60 bits per heavy atom. The predicted molar refractivity (Wildman–Crippen MR) is 65.8 cm³/mol. The third kappa shape index (κ3) is 3.49. The summed E-state index contributed by atoms with van der Waals surface area (Å²) in [5.74, 6) is -1.95. The zero-order chi connectivity index (χ0) is 14.8. The molecule has 0 aromatic heterocycles. The molecule has 0 amide bonds. The number of rotatable bonds is 4. The SMILES string of the molecule is Fc1cccc(COc2cc(F)ccc2[B-](F)(F)F)c1. The summed E-state index contributed by atoms with van der Waals surface area (Å²) < 4.78 is 69.2. The van der Waals surface area contributed by atoms with Crippen molar-refractivity contribution in [2.24, 2.45) is 0 Å². The molecule has 2 rings (SSSR count). The van der Waals surface area contributed by atoms with Crippen molar-refractivity contribution in [3.8, 4) is 5.75 Å². The van der Waals surface area contributed by atoms with Crippen LogP contribution in [0.15, 0.2) is 42.5 Å². The summed E-state index contributed by atoms with van der Waals surface area (Å²) in [5.41, 5.74) is -0.655. The first-order valence-corrected chi connectivity index (χ1v) is 5.73.